The van der Waals surface area contributed by atoms with E-state index in [4.69, 9.17) is 5.11 Å². The van der Waals surface area contributed by atoms with Gasteiger partial charge in [0.15, 0.2) is 5.82 Å². The van der Waals surface area contributed by atoms with Gasteiger partial charge in [-0.2, -0.15) is 0 Å². The van der Waals surface area contributed by atoms with Gasteiger partial charge in [-0.3, -0.25) is 4.79 Å². The molecule has 6 heteroatoms. The van der Waals surface area contributed by atoms with Crippen molar-refractivity contribution < 1.29 is 9.90 Å². The lowest BCUT2D eigenvalue weighted by Gasteiger charge is -2.08. The Bertz CT molecular complexity index is 322. The maximum absolute atomic E-state index is 11.3. The van der Waals surface area contributed by atoms with E-state index in [1.54, 1.807) is 4.57 Å². The van der Waals surface area contributed by atoms with Gasteiger partial charge in [0.2, 0.25) is 5.91 Å². The molecule has 0 bridgehead atoms. The summed E-state index contributed by atoms with van der Waals surface area (Å²) in [4.78, 5) is 11.3. The van der Waals surface area contributed by atoms with Crippen LogP contribution in [0.5, 0.6) is 0 Å². The standard InChI is InChI=1S/C9H16N4O2/c1-7(2)11-9(15)3-4-13-6-10-12-8(13)5-14/h6-7,14H,3-5H2,1-2H3,(H,11,15). The fraction of sp³-hybridized carbons (Fsp3) is 0.667. The topological polar surface area (TPSA) is 80.0 Å². The second kappa shape index (κ2) is 5.45. The Kier molecular flexibility index (Phi) is 4.23. The van der Waals surface area contributed by atoms with Crippen LogP contribution < -0.4 is 5.32 Å². The van der Waals surface area contributed by atoms with Crippen molar-refractivity contribution >= 4 is 5.91 Å². The third-order valence-corrected chi connectivity index (χ3v) is 1.87. The zero-order chi connectivity index (χ0) is 11.3. The predicted molar refractivity (Wildman–Crippen MR) is 53.8 cm³/mol. The number of amides is 1. The molecule has 1 aromatic heterocycles. The van der Waals surface area contributed by atoms with Crippen molar-refractivity contribution in [3.05, 3.63) is 12.2 Å². The number of aromatic nitrogens is 3. The predicted octanol–water partition coefficient (Wildman–Crippen LogP) is -0.315. The molecule has 0 saturated heterocycles. The third-order valence-electron chi connectivity index (χ3n) is 1.87. The number of carbonyl (C=O) groups is 1. The van der Waals surface area contributed by atoms with Crippen molar-refractivity contribution in [3.63, 3.8) is 0 Å². The molecule has 0 fully saturated rings. The highest BCUT2D eigenvalue weighted by Crippen LogP contribution is 1.97. The van der Waals surface area contributed by atoms with Gasteiger partial charge in [-0.1, -0.05) is 0 Å². The summed E-state index contributed by atoms with van der Waals surface area (Å²) < 4.78 is 1.67. The van der Waals surface area contributed by atoms with Crippen LogP contribution in [-0.2, 0) is 17.9 Å². The smallest absolute Gasteiger partial charge is 0.221 e. The molecule has 15 heavy (non-hydrogen) atoms. The normalized spacial score (nSPS) is 10.7. The van der Waals surface area contributed by atoms with Gasteiger partial charge in [0.05, 0.1) is 0 Å². The second-order valence-electron chi connectivity index (χ2n) is 3.57. The van der Waals surface area contributed by atoms with E-state index in [1.807, 2.05) is 13.8 Å². The first-order valence-corrected chi connectivity index (χ1v) is 4.90. The van der Waals surface area contributed by atoms with E-state index >= 15 is 0 Å². The average molecular weight is 212 g/mol. The number of hydrogen-bond donors (Lipinski definition) is 2. The van der Waals surface area contributed by atoms with Crippen LogP contribution in [0.4, 0.5) is 0 Å². The maximum atomic E-state index is 11.3. The Morgan fingerprint density at radius 3 is 3.00 bits per heavy atom. The molecule has 0 atom stereocenters. The number of rotatable bonds is 5. The lowest BCUT2D eigenvalue weighted by atomic mass is 10.3. The number of aliphatic hydroxyl groups is 1. The zero-order valence-electron chi connectivity index (χ0n) is 8.97. The minimum atomic E-state index is -0.161. The van der Waals surface area contributed by atoms with Gasteiger partial charge >= 0.3 is 0 Å². The molecule has 1 amide bonds. The van der Waals surface area contributed by atoms with Crippen molar-refractivity contribution in [1.82, 2.24) is 20.1 Å². The molecule has 0 aromatic carbocycles. The van der Waals surface area contributed by atoms with Gasteiger partial charge in [0, 0.05) is 19.0 Å². The summed E-state index contributed by atoms with van der Waals surface area (Å²) in [6.45, 7) is 4.15. The van der Waals surface area contributed by atoms with E-state index in [0.717, 1.165) is 0 Å². The van der Waals surface area contributed by atoms with Crippen molar-refractivity contribution in [2.24, 2.45) is 0 Å². The largest absolute Gasteiger partial charge is 0.388 e. The van der Waals surface area contributed by atoms with Gasteiger partial charge in [0.1, 0.15) is 12.9 Å². The lowest BCUT2D eigenvalue weighted by Crippen LogP contribution is -2.30. The van der Waals surface area contributed by atoms with Crippen molar-refractivity contribution in [2.45, 2.75) is 39.5 Å². The molecule has 0 aliphatic heterocycles. The van der Waals surface area contributed by atoms with Crippen molar-refractivity contribution in [3.8, 4) is 0 Å². The first kappa shape index (κ1) is 11.6. The quantitative estimate of drug-likeness (QED) is 0.701. The fourth-order valence-corrected chi connectivity index (χ4v) is 1.20. The van der Waals surface area contributed by atoms with Crippen LogP contribution in [0.15, 0.2) is 6.33 Å². The minimum absolute atomic E-state index is 0.0115. The van der Waals surface area contributed by atoms with Crippen LogP contribution in [0.1, 0.15) is 26.1 Å². The van der Waals surface area contributed by atoms with Crippen LogP contribution in [0.2, 0.25) is 0 Å². The molecular formula is C9H16N4O2. The van der Waals surface area contributed by atoms with Gasteiger partial charge < -0.3 is 15.0 Å². The van der Waals surface area contributed by atoms with Crippen LogP contribution >= 0.6 is 0 Å². The molecule has 6 nitrogen and oxygen atoms in total. The number of nitrogens with one attached hydrogen (secondary N) is 1. The Hall–Kier alpha value is -1.43. The van der Waals surface area contributed by atoms with Crippen molar-refractivity contribution in [2.75, 3.05) is 0 Å². The maximum Gasteiger partial charge on any atom is 0.221 e. The van der Waals surface area contributed by atoms with Crippen LogP contribution in [0.3, 0.4) is 0 Å². The van der Waals surface area contributed by atoms with Crippen LogP contribution in [0, 0.1) is 0 Å². The first-order valence-electron chi connectivity index (χ1n) is 4.90. The first-order chi connectivity index (χ1) is 7.13. The van der Waals surface area contributed by atoms with E-state index in [1.165, 1.54) is 6.33 Å². The molecule has 0 unspecified atom stereocenters. The number of aliphatic hydroxyl groups excluding tert-OH is 1. The molecule has 0 aliphatic rings. The average Bonchev–Trinajstić information content (AvgIpc) is 2.60. The highest BCUT2D eigenvalue weighted by Gasteiger charge is 2.06. The second-order valence-corrected chi connectivity index (χ2v) is 3.57. The molecular weight excluding hydrogens is 196 g/mol. The highest BCUT2D eigenvalue weighted by atomic mass is 16.3. The number of nitrogens with zero attached hydrogens (tertiary/aromatic N) is 3. The Morgan fingerprint density at radius 2 is 2.40 bits per heavy atom. The van der Waals surface area contributed by atoms with Crippen molar-refractivity contribution in [1.29, 1.82) is 0 Å². The van der Waals surface area contributed by atoms with Gasteiger partial charge in [-0.15, -0.1) is 10.2 Å². The summed E-state index contributed by atoms with van der Waals surface area (Å²) in [6.07, 6.45) is 1.87. The van der Waals surface area contributed by atoms with Gasteiger partial charge in [0.25, 0.3) is 0 Å². The molecule has 84 valence electrons. The fourth-order valence-electron chi connectivity index (χ4n) is 1.20. The molecule has 1 heterocycles. The minimum Gasteiger partial charge on any atom is -0.388 e. The summed E-state index contributed by atoms with van der Waals surface area (Å²) in [5, 5.41) is 19.0. The Labute approximate surface area is 88.3 Å². The SMILES string of the molecule is CC(C)NC(=O)CCn1cnnc1CO. The monoisotopic (exact) mass is 212 g/mol. The van der Waals surface area contributed by atoms with E-state index in [0.29, 0.717) is 18.8 Å². The molecule has 0 radical (unpaired) electrons. The number of aryl methyl sites for hydroxylation is 1. The molecule has 1 aromatic rings. The van der Waals surface area contributed by atoms with E-state index < -0.39 is 0 Å². The zero-order valence-corrected chi connectivity index (χ0v) is 8.97. The summed E-state index contributed by atoms with van der Waals surface area (Å²) in [6, 6.07) is 0.149. The van der Waals surface area contributed by atoms with E-state index in [9.17, 15) is 4.79 Å². The number of carbonyl (C=O) groups excluding carboxylic acids is 1. The molecule has 0 aliphatic carbocycles. The van der Waals surface area contributed by atoms with Crippen LogP contribution in [-0.4, -0.2) is 31.8 Å². The Balaban J connectivity index is 2.40. The number of hydrogen-bond acceptors (Lipinski definition) is 4. The summed E-state index contributed by atoms with van der Waals surface area (Å²) >= 11 is 0. The third kappa shape index (κ3) is 3.67. The summed E-state index contributed by atoms with van der Waals surface area (Å²) in [5.41, 5.74) is 0. The summed E-state index contributed by atoms with van der Waals surface area (Å²) in [7, 11) is 0. The van der Waals surface area contributed by atoms with E-state index in [2.05, 4.69) is 15.5 Å². The molecule has 1 rings (SSSR count). The summed E-state index contributed by atoms with van der Waals surface area (Å²) in [5.74, 6) is 0.468. The van der Waals surface area contributed by atoms with Gasteiger partial charge in [-0.05, 0) is 13.8 Å². The molecule has 2 N–H and O–H groups in total. The molecule has 0 spiro atoms. The van der Waals surface area contributed by atoms with E-state index in [-0.39, 0.29) is 18.6 Å². The Morgan fingerprint density at radius 1 is 1.67 bits per heavy atom. The highest BCUT2D eigenvalue weighted by molar-refractivity contribution is 5.76. The molecule has 0 saturated carbocycles. The lowest BCUT2D eigenvalue weighted by molar-refractivity contribution is -0.121. The van der Waals surface area contributed by atoms with Gasteiger partial charge in [-0.25, -0.2) is 0 Å². The van der Waals surface area contributed by atoms with Crippen LogP contribution in [0.25, 0.3) is 0 Å².